The molecule has 16 nitrogen and oxygen atoms in total. The Hall–Kier alpha value is -1.42. The van der Waals surface area contributed by atoms with Crippen LogP contribution in [0.1, 0.15) is 154 Å². The SMILES string of the molecule is CC(C)(C)OOC1(OOC(C)(C)C)Cc2ccccc2C1.CCC(C)(OO)OOC(C)(CC)OO.CCC1(C)OOC(C)(CC)OOC(C)(CC)OO1. The number of rotatable bonds is 14. The Morgan fingerprint density at radius 1 is 0.528 bits per heavy atom. The Labute approximate surface area is 315 Å². The van der Waals surface area contributed by atoms with Crippen LogP contribution in [-0.4, -0.2) is 56.4 Å². The highest BCUT2D eigenvalue weighted by Gasteiger charge is 2.45. The van der Waals surface area contributed by atoms with Gasteiger partial charge in [0.1, 0.15) is 0 Å². The first-order chi connectivity index (χ1) is 24.3. The van der Waals surface area contributed by atoms with E-state index in [0.29, 0.717) is 44.9 Å². The van der Waals surface area contributed by atoms with E-state index in [1.807, 2.05) is 74.4 Å². The van der Waals surface area contributed by atoms with Crippen LogP contribution in [0.25, 0.3) is 0 Å². The van der Waals surface area contributed by atoms with Crippen LogP contribution in [0.5, 0.6) is 0 Å². The average molecular weight is 769 g/mol. The van der Waals surface area contributed by atoms with E-state index in [4.69, 9.17) is 69.2 Å². The van der Waals surface area contributed by atoms with Gasteiger partial charge in [-0.05, 0) is 87.3 Å². The first-order valence-electron chi connectivity index (χ1n) is 18.3. The summed E-state index contributed by atoms with van der Waals surface area (Å²) in [6.07, 6.45) is 3.60. The minimum atomic E-state index is -1.27. The highest BCUT2D eigenvalue weighted by Crippen LogP contribution is 2.37. The van der Waals surface area contributed by atoms with Gasteiger partial charge in [0.05, 0.1) is 11.2 Å². The van der Waals surface area contributed by atoms with Gasteiger partial charge in [0.15, 0.2) is 0 Å². The molecule has 2 N–H and O–H groups in total. The van der Waals surface area contributed by atoms with Gasteiger partial charge in [0.2, 0.25) is 34.7 Å². The van der Waals surface area contributed by atoms with Crippen molar-refractivity contribution in [2.24, 2.45) is 0 Å². The molecule has 2 atom stereocenters. The molecule has 0 saturated carbocycles. The van der Waals surface area contributed by atoms with Crippen LogP contribution < -0.4 is 0 Å². The van der Waals surface area contributed by atoms with Crippen molar-refractivity contribution in [1.82, 2.24) is 0 Å². The second-order valence-corrected chi connectivity index (χ2v) is 15.9. The topological polar surface area (TPSA) is 170 Å². The lowest BCUT2D eigenvalue weighted by molar-refractivity contribution is -0.566. The number of hydrogen-bond donors (Lipinski definition) is 2. The molecule has 2 unspecified atom stereocenters. The van der Waals surface area contributed by atoms with Gasteiger partial charge in [-0.2, -0.15) is 48.9 Å². The molecule has 1 aliphatic carbocycles. The van der Waals surface area contributed by atoms with Gasteiger partial charge in [0, 0.05) is 44.9 Å². The van der Waals surface area contributed by atoms with Crippen molar-refractivity contribution in [3.05, 3.63) is 35.4 Å². The van der Waals surface area contributed by atoms with Gasteiger partial charge in [-0.3, -0.25) is 0 Å². The summed E-state index contributed by atoms with van der Waals surface area (Å²) < 4.78 is 0. The second-order valence-electron chi connectivity index (χ2n) is 15.9. The molecule has 1 aromatic rings. The summed E-state index contributed by atoms with van der Waals surface area (Å²) in [6, 6.07) is 8.20. The van der Waals surface area contributed by atoms with Crippen molar-refractivity contribution in [1.29, 1.82) is 0 Å². The molecule has 1 aliphatic heterocycles. The first kappa shape index (κ1) is 49.6. The lowest BCUT2D eigenvalue weighted by Gasteiger charge is -2.32. The van der Waals surface area contributed by atoms with Crippen molar-refractivity contribution >= 4 is 0 Å². The summed E-state index contributed by atoms with van der Waals surface area (Å²) in [7, 11) is 0. The van der Waals surface area contributed by atoms with E-state index in [9.17, 15) is 0 Å². The minimum absolute atomic E-state index is 0.370. The van der Waals surface area contributed by atoms with Crippen molar-refractivity contribution in [3.8, 4) is 0 Å². The lowest BCUT2D eigenvalue weighted by Crippen LogP contribution is -2.41. The van der Waals surface area contributed by atoms with Crippen LogP contribution in [0.4, 0.5) is 0 Å². The molecule has 3 rings (SSSR count). The smallest absolute Gasteiger partial charge is 0.241 e. The van der Waals surface area contributed by atoms with Crippen LogP contribution in [0, 0.1) is 0 Å². The van der Waals surface area contributed by atoms with E-state index in [-0.39, 0.29) is 0 Å². The van der Waals surface area contributed by atoms with Crippen molar-refractivity contribution in [2.45, 2.75) is 202 Å². The second kappa shape index (κ2) is 20.7. The largest absolute Gasteiger partial charge is 0.249 e. The molecule has 0 amide bonds. The van der Waals surface area contributed by atoms with E-state index in [1.165, 1.54) is 25.0 Å². The van der Waals surface area contributed by atoms with Crippen molar-refractivity contribution in [2.75, 3.05) is 0 Å². The summed E-state index contributed by atoms with van der Waals surface area (Å²) in [5, 5.41) is 17.0. The number of benzene rings is 1. The fourth-order valence-corrected chi connectivity index (χ4v) is 3.46. The quantitative estimate of drug-likeness (QED) is 0.104. The predicted molar refractivity (Wildman–Crippen MR) is 190 cm³/mol. The lowest BCUT2D eigenvalue weighted by atomic mass is 10.1. The molecule has 2 aliphatic rings. The first-order valence-corrected chi connectivity index (χ1v) is 18.3. The van der Waals surface area contributed by atoms with Gasteiger partial charge >= 0.3 is 0 Å². The third kappa shape index (κ3) is 17.5. The Balaban J connectivity index is 0.000000407. The van der Waals surface area contributed by atoms with Gasteiger partial charge in [-0.15, -0.1) is 0 Å². The molecule has 16 heteroatoms. The van der Waals surface area contributed by atoms with Crippen molar-refractivity contribution < 1.29 is 78.9 Å². The van der Waals surface area contributed by atoms with Crippen LogP contribution in [0.15, 0.2) is 24.3 Å². The zero-order chi connectivity index (χ0) is 40.8. The summed E-state index contributed by atoms with van der Waals surface area (Å²) in [4.78, 5) is 71.9. The van der Waals surface area contributed by atoms with Gasteiger partial charge < -0.3 is 0 Å². The zero-order valence-corrected chi connectivity index (χ0v) is 34.9. The Morgan fingerprint density at radius 3 is 1.02 bits per heavy atom. The third-order valence-corrected chi connectivity index (χ3v) is 8.10. The predicted octanol–water partition coefficient (Wildman–Crippen LogP) is 9.36. The molecule has 1 fully saturated rings. The summed E-state index contributed by atoms with van der Waals surface area (Å²) in [5.41, 5.74) is 1.58. The normalized spacial score (nSPS) is 27.0. The molecule has 53 heavy (non-hydrogen) atoms. The van der Waals surface area contributed by atoms with Crippen LogP contribution >= 0.6 is 0 Å². The summed E-state index contributed by atoms with van der Waals surface area (Å²) in [5.74, 6) is -6.49. The molecule has 1 aromatic carbocycles. The van der Waals surface area contributed by atoms with Crippen LogP contribution in [-0.2, 0) is 81.3 Å². The maximum absolute atomic E-state index is 8.52. The average Bonchev–Trinajstić information content (AvgIpc) is 3.53. The monoisotopic (exact) mass is 768 g/mol. The molecule has 0 bridgehead atoms. The Kier molecular flexibility index (Phi) is 19.3. The Morgan fingerprint density at radius 2 is 0.811 bits per heavy atom. The third-order valence-electron chi connectivity index (χ3n) is 8.10. The molecule has 1 saturated heterocycles. The Bertz CT molecular complexity index is 1050. The summed E-state index contributed by atoms with van der Waals surface area (Å²) in [6.45, 7) is 29.0. The highest BCUT2D eigenvalue weighted by molar-refractivity contribution is 5.34. The zero-order valence-electron chi connectivity index (χ0n) is 34.9. The molecule has 1 heterocycles. The van der Waals surface area contributed by atoms with Gasteiger partial charge in [0.25, 0.3) is 0 Å². The fourth-order valence-electron chi connectivity index (χ4n) is 3.46. The molecule has 312 valence electrons. The maximum atomic E-state index is 8.52. The van der Waals surface area contributed by atoms with Crippen LogP contribution in [0.2, 0.25) is 0 Å². The van der Waals surface area contributed by atoms with E-state index in [1.54, 1.807) is 34.6 Å². The molecule has 0 spiro atoms. The fraction of sp³-hybridized carbons (Fsp3) is 0.838. The number of fused-ring (bicyclic) bond motifs is 1. The minimum Gasteiger partial charge on any atom is -0.249 e. The molecule has 0 radical (unpaired) electrons. The highest BCUT2D eigenvalue weighted by atomic mass is 17.4. The maximum Gasteiger partial charge on any atom is 0.241 e. The van der Waals surface area contributed by atoms with Crippen molar-refractivity contribution in [3.63, 3.8) is 0 Å². The van der Waals surface area contributed by atoms with Gasteiger partial charge in [-0.1, -0.05) is 58.9 Å². The van der Waals surface area contributed by atoms with E-state index < -0.39 is 45.9 Å². The number of hydrogen-bond acceptors (Lipinski definition) is 16. The van der Waals surface area contributed by atoms with E-state index in [0.717, 1.165) is 0 Å². The van der Waals surface area contributed by atoms with Crippen LogP contribution in [0.3, 0.4) is 0 Å². The summed E-state index contributed by atoms with van der Waals surface area (Å²) >= 11 is 0. The molecule has 0 aromatic heterocycles. The van der Waals surface area contributed by atoms with Gasteiger partial charge in [-0.25, -0.2) is 30.1 Å². The standard InChI is InChI=1S/C17H26O4.C12H24O6.C8H18O6/c1-15(2,3)18-20-17(21-19-16(4,5)6)11-13-9-7-8-10-14(13)12-17;1-7-10(4)13-15-11(5,8-2)17-18-12(6,9-3)16-14-10;1-5-7(3,11-9)13-14-8(4,6-2)12-10/h7-10H,11-12H2,1-6H3;7-9H2,1-6H3;9-10H,5-6H2,1-4H3. The molecular weight excluding hydrogens is 700 g/mol. The van der Waals surface area contributed by atoms with E-state index >= 15 is 0 Å². The molecular formula is C37H68O16. The van der Waals surface area contributed by atoms with E-state index in [2.05, 4.69) is 21.9 Å².